The Kier molecular flexibility index (Phi) is 2.41. The highest BCUT2D eigenvalue weighted by Crippen LogP contribution is 2.44. The van der Waals surface area contributed by atoms with Crippen LogP contribution in [0.1, 0.15) is 10.5 Å². The number of nitrogens with zero attached hydrogens (tertiary/aromatic N) is 1. The fourth-order valence-electron chi connectivity index (χ4n) is 2.27. The molecule has 0 saturated carbocycles. The van der Waals surface area contributed by atoms with Crippen molar-refractivity contribution >= 4 is 40.3 Å². The van der Waals surface area contributed by atoms with E-state index in [2.05, 4.69) is 16.0 Å². The minimum atomic E-state index is -0.407. The predicted octanol–water partition coefficient (Wildman–Crippen LogP) is 2.68. The Morgan fingerprint density at radius 3 is 2.65 bits per heavy atom. The maximum atomic E-state index is 12.0. The smallest absolute Gasteiger partial charge is 0.271 e. The second kappa shape index (κ2) is 3.71. The molecule has 1 amide bonds. The maximum Gasteiger partial charge on any atom is 0.271 e. The number of rotatable bonds is 2. The van der Waals surface area contributed by atoms with Gasteiger partial charge in [0.25, 0.3) is 5.91 Å². The molecule has 0 atom stereocenters. The molecular weight excluding hydrogens is 252 g/mol. The summed E-state index contributed by atoms with van der Waals surface area (Å²) in [6.07, 6.45) is 4.03. The van der Waals surface area contributed by atoms with Gasteiger partial charge >= 0.3 is 0 Å². The molecule has 0 saturated heterocycles. The van der Waals surface area contributed by atoms with E-state index in [1.54, 1.807) is 23.5 Å². The third-order valence-corrected chi connectivity index (χ3v) is 5.74. The molecule has 2 aromatic rings. The van der Waals surface area contributed by atoms with E-state index in [0.29, 0.717) is 0 Å². The Balaban J connectivity index is 2.37. The van der Waals surface area contributed by atoms with Crippen molar-refractivity contribution in [2.24, 2.45) is 0 Å². The highest BCUT2D eigenvalue weighted by atomic mass is 32.2. The van der Waals surface area contributed by atoms with Crippen molar-refractivity contribution in [3.8, 4) is 0 Å². The lowest BCUT2D eigenvalue weighted by Crippen LogP contribution is -2.36. The number of aromatic nitrogens is 1. The molecule has 0 radical (unpaired) electrons. The number of carbonyl (C=O) groups excluding carboxylic acids is 1. The van der Waals surface area contributed by atoms with Crippen LogP contribution in [0.4, 0.5) is 0 Å². The summed E-state index contributed by atoms with van der Waals surface area (Å²) in [5.41, 5.74) is 1.85. The molecule has 3 rings (SSSR count). The summed E-state index contributed by atoms with van der Waals surface area (Å²) < 4.78 is 1.69. The van der Waals surface area contributed by atoms with Crippen LogP contribution in [0.2, 0.25) is 0 Å². The molecule has 3 nitrogen and oxygen atoms in total. The van der Waals surface area contributed by atoms with Gasteiger partial charge in [-0.3, -0.25) is 9.36 Å². The fraction of sp³-hybridized carbons (Fsp3) is 0.250. The van der Waals surface area contributed by atoms with Crippen LogP contribution < -0.4 is 5.32 Å². The lowest BCUT2D eigenvalue weighted by molar-refractivity contribution is 0.0961. The Morgan fingerprint density at radius 2 is 1.94 bits per heavy atom. The topological polar surface area (TPSA) is 34.0 Å². The zero-order valence-corrected chi connectivity index (χ0v) is 11.2. The van der Waals surface area contributed by atoms with E-state index in [1.165, 1.54) is 0 Å². The van der Waals surface area contributed by atoms with Gasteiger partial charge in [-0.05, 0) is 24.6 Å². The molecule has 0 aliphatic carbocycles. The average molecular weight is 264 g/mol. The summed E-state index contributed by atoms with van der Waals surface area (Å²) in [5, 5.41) is 4.17. The van der Waals surface area contributed by atoms with E-state index in [4.69, 9.17) is 0 Å². The second-order valence-corrected chi connectivity index (χ2v) is 6.12. The van der Waals surface area contributed by atoms with Crippen LogP contribution in [-0.2, 0) is 4.33 Å². The molecule has 0 fully saturated rings. The standard InChI is InChI=1S/C12H12N2OS2/c1-16-12(17-2)13-11(15)10-7-8-5-3-4-6-9(8)14(10)12/h3-7H,1-2H3,(H,13,15). The van der Waals surface area contributed by atoms with E-state index in [9.17, 15) is 4.79 Å². The van der Waals surface area contributed by atoms with Crippen molar-refractivity contribution in [2.45, 2.75) is 4.33 Å². The first-order valence-electron chi connectivity index (χ1n) is 5.25. The van der Waals surface area contributed by atoms with Gasteiger partial charge in [0, 0.05) is 5.39 Å². The quantitative estimate of drug-likeness (QED) is 0.847. The van der Waals surface area contributed by atoms with Crippen LogP contribution in [-0.4, -0.2) is 23.0 Å². The first kappa shape index (κ1) is 11.0. The van der Waals surface area contributed by atoms with Gasteiger partial charge < -0.3 is 5.32 Å². The third-order valence-electron chi connectivity index (χ3n) is 3.06. The minimum Gasteiger partial charge on any atom is -0.310 e. The molecule has 1 aromatic carbocycles. The number of hydrogen-bond donors (Lipinski definition) is 1. The van der Waals surface area contributed by atoms with Gasteiger partial charge in [-0.15, -0.1) is 23.5 Å². The van der Waals surface area contributed by atoms with E-state index >= 15 is 0 Å². The summed E-state index contributed by atoms with van der Waals surface area (Å²) in [5.74, 6) is 0.00454. The Bertz CT molecular complexity index is 602. The van der Waals surface area contributed by atoms with Gasteiger partial charge in [-0.25, -0.2) is 0 Å². The van der Waals surface area contributed by atoms with Crippen molar-refractivity contribution in [3.05, 3.63) is 36.0 Å². The fourth-order valence-corrected chi connectivity index (χ4v) is 4.09. The van der Waals surface area contributed by atoms with Gasteiger partial charge in [0.2, 0.25) is 4.33 Å². The molecule has 0 spiro atoms. The molecular formula is C12H12N2OS2. The molecule has 0 bridgehead atoms. The number of amides is 1. The molecule has 1 aliphatic heterocycles. The average Bonchev–Trinajstić information content (AvgIpc) is 2.87. The van der Waals surface area contributed by atoms with Crippen LogP contribution >= 0.6 is 23.5 Å². The number of nitrogens with one attached hydrogen (secondary N) is 1. The van der Waals surface area contributed by atoms with Crippen molar-refractivity contribution in [1.82, 2.24) is 9.88 Å². The van der Waals surface area contributed by atoms with E-state index in [1.807, 2.05) is 36.8 Å². The van der Waals surface area contributed by atoms with Gasteiger partial charge in [-0.2, -0.15) is 0 Å². The molecule has 2 heterocycles. The summed E-state index contributed by atoms with van der Waals surface area (Å²) in [6, 6.07) is 10.1. The van der Waals surface area contributed by atoms with Crippen LogP contribution in [0.3, 0.4) is 0 Å². The summed E-state index contributed by atoms with van der Waals surface area (Å²) in [7, 11) is 0. The van der Waals surface area contributed by atoms with E-state index in [-0.39, 0.29) is 5.91 Å². The van der Waals surface area contributed by atoms with Crippen LogP contribution in [0, 0.1) is 0 Å². The highest BCUT2D eigenvalue weighted by Gasteiger charge is 2.42. The molecule has 1 N–H and O–H groups in total. The summed E-state index contributed by atoms with van der Waals surface area (Å²) in [4.78, 5) is 12.0. The van der Waals surface area contributed by atoms with Crippen molar-refractivity contribution in [2.75, 3.05) is 12.5 Å². The second-order valence-electron chi connectivity index (χ2n) is 3.87. The zero-order chi connectivity index (χ0) is 12.0. The minimum absolute atomic E-state index is 0.00454. The lowest BCUT2D eigenvalue weighted by Gasteiger charge is -2.27. The monoisotopic (exact) mass is 264 g/mol. The number of fused-ring (bicyclic) bond motifs is 3. The number of para-hydroxylation sites is 1. The van der Waals surface area contributed by atoms with Gasteiger partial charge in [-0.1, -0.05) is 18.2 Å². The number of thioether (sulfide) groups is 2. The van der Waals surface area contributed by atoms with Crippen molar-refractivity contribution in [1.29, 1.82) is 0 Å². The molecule has 88 valence electrons. The summed E-state index contributed by atoms with van der Waals surface area (Å²) in [6.45, 7) is 0. The molecule has 1 aromatic heterocycles. The largest absolute Gasteiger partial charge is 0.310 e. The lowest BCUT2D eigenvalue weighted by atomic mass is 10.2. The number of carbonyl (C=O) groups is 1. The van der Waals surface area contributed by atoms with E-state index in [0.717, 1.165) is 16.6 Å². The van der Waals surface area contributed by atoms with Crippen LogP contribution in [0.5, 0.6) is 0 Å². The zero-order valence-electron chi connectivity index (χ0n) is 9.56. The summed E-state index contributed by atoms with van der Waals surface area (Å²) >= 11 is 3.28. The highest BCUT2D eigenvalue weighted by molar-refractivity contribution is 8.16. The maximum absolute atomic E-state index is 12.0. The normalized spacial score (nSPS) is 17.2. The molecule has 0 unspecified atom stereocenters. The Hall–Kier alpha value is -1.07. The number of hydrogen-bond acceptors (Lipinski definition) is 3. The SMILES string of the molecule is CSC1(SC)NC(=O)c2cc3ccccc3n21. The van der Waals surface area contributed by atoms with Gasteiger partial charge in [0.1, 0.15) is 5.69 Å². The molecule has 17 heavy (non-hydrogen) atoms. The number of benzene rings is 1. The van der Waals surface area contributed by atoms with Crippen molar-refractivity contribution < 1.29 is 4.79 Å². The molecule has 1 aliphatic rings. The van der Waals surface area contributed by atoms with Crippen molar-refractivity contribution in [3.63, 3.8) is 0 Å². The predicted molar refractivity (Wildman–Crippen MR) is 74.4 cm³/mol. The van der Waals surface area contributed by atoms with Crippen LogP contribution in [0.25, 0.3) is 10.9 Å². The van der Waals surface area contributed by atoms with Crippen LogP contribution in [0.15, 0.2) is 30.3 Å². The molecule has 5 heteroatoms. The Labute approximate surface area is 108 Å². The third kappa shape index (κ3) is 1.35. The first-order chi connectivity index (χ1) is 8.22. The van der Waals surface area contributed by atoms with Gasteiger partial charge in [0.05, 0.1) is 5.52 Å². The Morgan fingerprint density at radius 1 is 1.24 bits per heavy atom. The first-order valence-corrected chi connectivity index (χ1v) is 7.70. The van der Waals surface area contributed by atoms with E-state index < -0.39 is 4.33 Å². The van der Waals surface area contributed by atoms with Gasteiger partial charge in [0.15, 0.2) is 0 Å².